The van der Waals surface area contributed by atoms with Gasteiger partial charge in [-0.25, -0.2) is 0 Å². The Labute approximate surface area is 117 Å². The largest absolute Gasteiger partial charge is 0.468 e. The number of hydrogen-bond donors (Lipinski definition) is 1. The van der Waals surface area contributed by atoms with Crippen molar-refractivity contribution in [3.05, 3.63) is 0 Å². The molecule has 0 bridgehead atoms. The molecule has 0 amide bonds. The van der Waals surface area contributed by atoms with Crippen molar-refractivity contribution in [1.29, 1.82) is 0 Å². The fourth-order valence-electron chi connectivity index (χ4n) is 2.86. The predicted molar refractivity (Wildman–Crippen MR) is 77.0 cm³/mol. The lowest BCUT2D eigenvalue weighted by molar-refractivity contribution is -0.149. The number of carbonyl (C=O) groups is 1. The molecule has 1 aliphatic carbocycles. The lowest BCUT2D eigenvalue weighted by Crippen LogP contribution is -2.55. The molecule has 0 aliphatic heterocycles. The van der Waals surface area contributed by atoms with E-state index in [1.54, 1.807) is 0 Å². The molecule has 1 rings (SSSR count). The van der Waals surface area contributed by atoms with Crippen LogP contribution in [-0.4, -0.2) is 68.7 Å². The topological polar surface area (TPSA) is 58.8 Å². The summed E-state index contributed by atoms with van der Waals surface area (Å²) in [4.78, 5) is 16.3. The van der Waals surface area contributed by atoms with Crippen molar-refractivity contribution >= 4 is 5.97 Å². The van der Waals surface area contributed by atoms with Gasteiger partial charge in [0.05, 0.1) is 7.11 Å². The first-order chi connectivity index (χ1) is 8.89. The molecule has 0 spiro atoms. The second kappa shape index (κ2) is 7.22. The number of nitrogens with zero attached hydrogens (tertiary/aromatic N) is 2. The Hall–Kier alpha value is -0.650. The summed E-state index contributed by atoms with van der Waals surface area (Å²) >= 11 is 0. The summed E-state index contributed by atoms with van der Waals surface area (Å²) in [5.74, 6) is -0.265. The van der Waals surface area contributed by atoms with Gasteiger partial charge in [0.2, 0.25) is 0 Å². The number of hydrogen-bond acceptors (Lipinski definition) is 5. The van der Waals surface area contributed by atoms with E-state index in [0.29, 0.717) is 12.5 Å². The van der Waals surface area contributed by atoms with Gasteiger partial charge in [0.15, 0.2) is 0 Å². The first-order valence-electron chi connectivity index (χ1n) is 7.11. The summed E-state index contributed by atoms with van der Waals surface area (Å²) in [6, 6.07) is 0.389. The maximum Gasteiger partial charge on any atom is 0.325 e. The lowest BCUT2D eigenvalue weighted by Gasteiger charge is -2.39. The van der Waals surface area contributed by atoms with Crippen molar-refractivity contribution in [1.82, 2.24) is 9.80 Å². The highest BCUT2D eigenvalue weighted by Crippen LogP contribution is 2.30. The van der Waals surface area contributed by atoms with Gasteiger partial charge in [0.25, 0.3) is 0 Å². The minimum absolute atomic E-state index is 0.265. The zero-order valence-electron chi connectivity index (χ0n) is 12.8. The average molecular weight is 271 g/mol. The molecule has 2 atom stereocenters. The van der Waals surface area contributed by atoms with Gasteiger partial charge in [-0.05, 0) is 66.3 Å². The first-order valence-corrected chi connectivity index (χ1v) is 7.11. The molecule has 2 unspecified atom stereocenters. The van der Waals surface area contributed by atoms with Crippen molar-refractivity contribution in [2.24, 2.45) is 5.73 Å². The van der Waals surface area contributed by atoms with E-state index < -0.39 is 5.54 Å². The SMILES string of the molecule is COC(=O)C1(N)CCCC(N(C)CCCN(C)C)C1. The van der Waals surface area contributed by atoms with Crippen LogP contribution in [0.25, 0.3) is 0 Å². The van der Waals surface area contributed by atoms with Crippen LogP contribution in [0.1, 0.15) is 32.1 Å². The number of methoxy groups -OCH3 is 1. The van der Waals surface area contributed by atoms with Gasteiger partial charge >= 0.3 is 5.97 Å². The fourth-order valence-corrected chi connectivity index (χ4v) is 2.86. The van der Waals surface area contributed by atoms with Crippen LogP contribution in [0.3, 0.4) is 0 Å². The Balaban J connectivity index is 2.47. The zero-order chi connectivity index (χ0) is 14.5. The second-order valence-corrected chi connectivity index (χ2v) is 6.04. The highest BCUT2D eigenvalue weighted by atomic mass is 16.5. The number of ether oxygens (including phenoxy) is 1. The summed E-state index contributed by atoms with van der Waals surface area (Å²) in [6.07, 6.45) is 4.69. The molecule has 19 heavy (non-hydrogen) atoms. The van der Waals surface area contributed by atoms with E-state index in [2.05, 4.69) is 30.9 Å². The summed E-state index contributed by atoms with van der Waals surface area (Å²) in [5.41, 5.74) is 5.42. The minimum atomic E-state index is -0.784. The lowest BCUT2D eigenvalue weighted by atomic mass is 9.79. The zero-order valence-corrected chi connectivity index (χ0v) is 12.8. The molecular formula is C14H29N3O2. The van der Waals surface area contributed by atoms with Crippen molar-refractivity contribution in [2.75, 3.05) is 41.3 Å². The van der Waals surface area contributed by atoms with E-state index in [1.165, 1.54) is 7.11 Å². The van der Waals surface area contributed by atoms with Crippen molar-refractivity contribution in [3.8, 4) is 0 Å². The summed E-state index contributed by atoms with van der Waals surface area (Å²) in [6.45, 7) is 2.13. The Bertz CT molecular complexity index is 296. The molecule has 5 heteroatoms. The molecule has 112 valence electrons. The highest BCUT2D eigenvalue weighted by molar-refractivity contribution is 5.80. The molecule has 1 saturated carbocycles. The number of carbonyl (C=O) groups excluding carboxylic acids is 1. The van der Waals surface area contributed by atoms with Crippen LogP contribution in [0.5, 0.6) is 0 Å². The van der Waals surface area contributed by atoms with Crippen LogP contribution < -0.4 is 5.73 Å². The molecule has 5 nitrogen and oxygen atoms in total. The maximum absolute atomic E-state index is 11.8. The highest BCUT2D eigenvalue weighted by Gasteiger charge is 2.41. The first kappa shape index (κ1) is 16.4. The average Bonchev–Trinajstić information content (AvgIpc) is 2.37. The molecule has 1 fully saturated rings. The van der Waals surface area contributed by atoms with Gasteiger partial charge in [-0.2, -0.15) is 0 Å². The number of nitrogens with two attached hydrogens (primary N) is 1. The van der Waals surface area contributed by atoms with Crippen molar-refractivity contribution in [2.45, 2.75) is 43.7 Å². The van der Waals surface area contributed by atoms with Gasteiger partial charge in [0.1, 0.15) is 5.54 Å². The van der Waals surface area contributed by atoms with Gasteiger partial charge in [-0.1, -0.05) is 0 Å². The minimum Gasteiger partial charge on any atom is -0.468 e. The quantitative estimate of drug-likeness (QED) is 0.720. The number of rotatable bonds is 6. The maximum atomic E-state index is 11.8. The summed E-state index contributed by atoms with van der Waals surface area (Å²) in [5, 5.41) is 0. The molecule has 1 aliphatic rings. The predicted octanol–water partition coefficient (Wildman–Crippen LogP) is 0.683. The number of esters is 1. The van der Waals surface area contributed by atoms with E-state index in [0.717, 1.165) is 38.8 Å². The third-order valence-corrected chi connectivity index (χ3v) is 4.09. The molecule has 0 saturated heterocycles. The Morgan fingerprint density at radius 2 is 2.05 bits per heavy atom. The Morgan fingerprint density at radius 3 is 2.63 bits per heavy atom. The van der Waals surface area contributed by atoms with E-state index in [9.17, 15) is 4.79 Å². The van der Waals surface area contributed by atoms with Crippen LogP contribution in [0.2, 0.25) is 0 Å². The van der Waals surface area contributed by atoms with E-state index in [-0.39, 0.29) is 5.97 Å². The molecular weight excluding hydrogens is 242 g/mol. The summed E-state index contributed by atoms with van der Waals surface area (Å²) < 4.78 is 4.84. The van der Waals surface area contributed by atoms with Crippen LogP contribution in [0.4, 0.5) is 0 Å². The van der Waals surface area contributed by atoms with Crippen LogP contribution in [0.15, 0.2) is 0 Å². The molecule has 0 heterocycles. The Morgan fingerprint density at radius 1 is 1.37 bits per heavy atom. The molecule has 0 radical (unpaired) electrons. The molecule has 2 N–H and O–H groups in total. The van der Waals surface area contributed by atoms with Gasteiger partial charge in [0, 0.05) is 6.04 Å². The Kier molecular flexibility index (Phi) is 6.23. The third kappa shape index (κ3) is 4.75. The fraction of sp³-hybridized carbons (Fsp3) is 0.929. The van der Waals surface area contributed by atoms with Crippen molar-refractivity contribution < 1.29 is 9.53 Å². The third-order valence-electron chi connectivity index (χ3n) is 4.09. The van der Waals surface area contributed by atoms with E-state index in [1.807, 2.05) is 0 Å². The molecule has 0 aromatic carbocycles. The van der Waals surface area contributed by atoms with Crippen LogP contribution >= 0.6 is 0 Å². The van der Waals surface area contributed by atoms with Crippen LogP contribution in [-0.2, 0) is 9.53 Å². The van der Waals surface area contributed by atoms with Crippen molar-refractivity contribution in [3.63, 3.8) is 0 Å². The van der Waals surface area contributed by atoms with Gasteiger partial charge < -0.3 is 20.3 Å². The standard InChI is InChI=1S/C14H29N3O2/c1-16(2)9-6-10-17(3)12-7-5-8-14(15,11-12)13(18)19-4/h12H,5-11,15H2,1-4H3. The second-order valence-electron chi connectivity index (χ2n) is 6.04. The van der Waals surface area contributed by atoms with E-state index in [4.69, 9.17) is 10.5 Å². The van der Waals surface area contributed by atoms with Crippen LogP contribution in [0, 0.1) is 0 Å². The smallest absolute Gasteiger partial charge is 0.325 e. The van der Waals surface area contributed by atoms with E-state index >= 15 is 0 Å². The van der Waals surface area contributed by atoms with Gasteiger partial charge in [-0.3, -0.25) is 4.79 Å². The molecule has 0 aromatic rings. The van der Waals surface area contributed by atoms with Gasteiger partial charge in [-0.15, -0.1) is 0 Å². The molecule has 0 aromatic heterocycles. The monoisotopic (exact) mass is 271 g/mol. The normalized spacial score (nSPS) is 27.8. The summed E-state index contributed by atoms with van der Waals surface area (Å²) in [7, 11) is 7.72.